The van der Waals surface area contributed by atoms with Crippen LogP contribution in [0.2, 0.25) is 0 Å². The molecule has 0 bridgehead atoms. The first-order chi connectivity index (χ1) is 16.3. The Morgan fingerprint density at radius 3 is 2.70 bits per heavy atom. The number of morpholine rings is 1. The normalized spacial score (nSPS) is 20.7. The Hall–Kier alpha value is -3.33. The predicted octanol–water partition coefficient (Wildman–Crippen LogP) is 2.81. The Morgan fingerprint density at radius 1 is 1.03 bits per heavy atom. The summed E-state index contributed by atoms with van der Waals surface area (Å²) in [6, 6.07) is 16.8. The molecule has 4 aromatic rings. The minimum atomic E-state index is -0.195. The van der Waals surface area contributed by atoms with Gasteiger partial charge in [-0.2, -0.15) is 0 Å². The molecule has 2 atom stereocenters. The van der Waals surface area contributed by atoms with E-state index in [0.717, 1.165) is 28.0 Å². The summed E-state index contributed by atoms with van der Waals surface area (Å²) >= 11 is 0. The van der Waals surface area contributed by atoms with Gasteiger partial charge in [-0.15, -0.1) is 0 Å². The first-order valence-corrected chi connectivity index (χ1v) is 11.2. The number of fused-ring (bicyclic) bond motifs is 3. The van der Waals surface area contributed by atoms with Crippen LogP contribution >= 0.6 is 0 Å². The van der Waals surface area contributed by atoms with E-state index >= 15 is 0 Å². The van der Waals surface area contributed by atoms with E-state index in [0.29, 0.717) is 38.9 Å². The first kappa shape index (κ1) is 20.3. The van der Waals surface area contributed by atoms with Gasteiger partial charge in [-0.3, -0.25) is 0 Å². The summed E-state index contributed by atoms with van der Waals surface area (Å²) in [5, 5.41) is 9.39. The monoisotopic (exact) mass is 443 g/mol. The average molecular weight is 444 g/mol. The second-order valence-electron chi connectivity index (χ2n) is 8.44. The van der Waals surface area contributed by atoms with Crippen molar-refractivity contribution in [3.05, 3.63) is 72.3 Å². The highest BCUT2D eigenvalue weighted by Crippen LogP contribution is 2.32. The summed E-state index contributed by atoms with van der Waals surface area (Å²) in [6.45, 7) is 3.00. The highest BCUT2D eigenvalue weighted by Gasteiger charge is 2.26. The van der Waals surface area contributed by atoms with Crippen LogP contribution in [0.3, 0.4) is 0 Å². The van der Waals surface area contributed by atoms with Gasteiger partial charge in [0.1, 0.15) is 12.4 Å². The number of rotatable bonds is 4. The molecular formula is C25H25N5O3. The molecule has 8 heteroatoms. The number of benzene rings is 2. The van der Waals surface area contributed by atoms with Crippen LogP contribution in [-0.4, -0.2) is 63.6 Å². The smallest absolute Gasteiger partial charge is 0.225 e. The van der Waals surface area contributed by atoms with Gasteiger partial charge in [0.25, 0.3) is 0 Å². The summed E-state index contributed by atoms with van der Waals surface area (Å²) < 4.78 is 13.7. The third-order valence-corrected chi connectivity index (χ3v) is 6.36. The van der Waals surface area contributed by atoms with Gasteiger partial charge < -0.3 is 24.0 Å². The molecule has 6 rings (SSSR count). The number of nitrogens with zero attached hydrogens (tertiary/aromatic N) is 5. The van der Waals surface area contributed by atoms with E-state index in [1.54, 1.807) is 0 Å². The van der Waals surface area contributed by atoms with E-state index in [4.69, 9.17) is 14.5 Å². The lowest BCUT2D eigenvalue weighted by Crippen LogP contribution is -2.44. The van der Waals surface area contributed by atoms with E-state index in [9.17, 15) is 5.11 Å². The highest BCUT2D eigenvalue weighted by molar-refractivity contribution is 5.83. The Bertz CT molecular complexity index is 1260. The number of imidazole rings is 1. The molecule has 1 N–H and O–H groups in total. The topological polar surface area (TPSA) is 85.5 Å². The fraction of sp³-hybridized carbons (Fsp3) is 0.320. The second kappa shape index (κ2) is 8.55. The Labute approximate surface area is 191 Å². The predicted molar refractivity (Wildman–Crippen MR) is 124 cm³/mol. The molecule has 2 aromatic heterocycles. The molecule has 2 aliphatic rings. The molecule has 0 saturated carbocycles. The summed E-state index contributed by atoms with van der Waals surface area (Å²) in [5.41, 5.74) is 5.25. The van der Waals surface area contributed by atoms with Crippen LogP contribution < -0.4 is 4.90 Å². The minimum Gasteiger partial charge on any atom is -0.394 e. The highest BCUT2D eigenvalue weighted by atomic mass is 16.5. The van der Waals surface area contributed by atoms with E-state index in [1.807, 2.05) is 18.5 Å². The van der Waals surface area contributed by atoms with Crippen LogP contribution in [0.1, 0.15) is 17.4 Å². The van der Waals surface area contributed by atoms with E-state index in [2.05, 4.69) is 61.9 Å². The fourth-order valence-corrected chi connectivity index (χ4v) is 4.67. The molecule has 2 aromatic carbocycles. The molecular weight excluding hydrogens is 418 g/mol. The lowest BCUT2D eigenvalue weighted by molar-refractivity contribution is 0.00314. The Balaban J connectivity index is 1.34. The standard InChI is InChI=1S/C25H25N5O3/c31-14-20-13-29(8-9-33-20)25-26-11-19(12-27-25)18-6-7-21-22(10-18)30-23(15-32-16-24(30)28-21)17-4-2-1-3-5-17/h1-7,10-12,20,23,31H,8-9,13-16H2/t20?,23-/m1/s1. The van der Waals surface area contributed by atoms with E-state index < -0.39 is 0 Å². The Kier molecular flexibility index (Phi) is 5.26. The van der Waals surface area contributed by atoms with Crippen LogP contribution in [0.25, 0.3) is 22.2 Å². The van der Waals surface area contributed by atoms with Gasteiger partial charge in [-0.25, -0.2) is 15.0 Å². The third-order valence-electron chi connectivity index (χ3n) is 6.36. The number of anilines is 1. The molecule has 2 aliphatic heterocycles. The van der Waals surface area contributed by atoms with Gasteiger partial charge >= 0.3 is 0 Å². The zero-order valence-corrected chi connectivity index (χ0v) is 18.2. The minimum absolute atomic E-state index is 0.000711. The Morgan fingerprint density at radius 2 is 1.88 bits per heavy atom. The molecule has 1 saturated heterocycles. The van der Waals surface area contributed by atoms with Crippen molar-refractivity contribution < 1.29 is 14.6 Å². The molecule has 0 amide bonds. The van der Waals surface area contributed by atoms with Crippen molar-refractivity contribution >= 4 is 17.0 Å². The van der Waals surface area contributed by atoms with Crippen molar-refractivity contribution in [2.45, 2.75) is 18.8 Å². The zero-order valence-electron chi connectivity index (χ0n) is 18.2. The number of aliphatic hydroxyl groups is 1. The van der Waals surface area contributed by atoms with Crippen LogP contribution in [0, 0.1) is 0 Å². The maximum Gasteiger partial charge on any atom is 0.225 e. The number of hydrogen-bond acceptors (Lipinski definition) is 7. The number of hydrogen-bond donors (Lipinski definition) is 1. The molecule has 1 unspecified atom stereocenters. The average Bonchev–Trinajstić information content (AvgIpc) is 3.27. The van der Waals surface area contributed by atoms with E-state index in [-0.39, 0.29) is 18.8 Å². The van der Waals surface area contributed by atoms with Gasteiger partial charge in [-0.05, 0) is 23.3 Å². The van der Waals surface area contributed by atoms with Crippen LogP contribution in [-0.2, 0) is 16.1 Å². The molecule has 0 radical (unpaired) electrons. The maximum absolute atomic E-state index is 9.39. The second-order valence-corrected chi connectivity index (χ2v) is 8.44. The van der Waals surface area contributed by atoms with Gasteiger partial charge in [0.2, 0.25) is 5.95 Å². The quantitative estimate of drug-likeness (QED) is 0.519. The van der Waals surface area contributed by atoms with Crippen molar-refractivity contribution in [1.29, 1.82) is 0 Å². The van der Waals surface area contributed by atoms with Crippen LogP contribution in [0.5, 0.6) is 0 Å². The summed E-state index contributed by atoms with van der Waals surface area (Å²) in [7, 11) is 0. The zero-order chi connectivity index (χ0) is 22.2. The summed E-state index contributed by atoms with van der Waals surface area (Å²) in [4.78, 5) is 16.1. The number of ether oxygens (including phenoxy) is 2. The fourth-order valence-electron chi connectivity index (χ4n) is 4.67. The molecule has 0 spiro atoms. The number of aromatic nitrogens is 4. The summed E-state index contributed by atoms with van der Waals surface area (Å²) in [6.07, 6.45) is 3.52. The lowest BCUT2D eigenvalue weighted by Gasteiger charge is -2.31. The van der Waals surface area contributed by atoms with Crippen molar-refractivity contribution in [1.82, 2.24) is 19.5 Å². The molecule has 0 aliphatic carbocycles. The van der Waals surface area contributed by atoms with Crippen molar-refractivity contribution in [2.24, 2.45) is 0 Å². The summed E-state index contributed by atoms with van der Waals surface area (Å²) in [5.74, 6) is 1.60. The van der Waals surface area contributed by atoms with Crippen molar-refractivity contribution in [3.63, 3.8) is 0 Å². The molecule has 4 heterocycles. The molecule has 1 fully saturated rings. The molecule has 8 nitrogen and oxygen atoms in total. The van der Waals surface area contributed by atoms with E-state index in [1.165, 1.54) is 5.56 Å². The first-order valence-electron chi connectivity index (χ1n) is 11.2. The number of aliphatic hydroxyl groups excluding tert-OH is 1. The lowest BCUT2D eigenvalue weighted by atomic mass is 10.1. The molecule has 33 heavy (non-hydrogen) atoms. The maximum atomic E-state index is 9.39. The largest absolute Gasteiger partial charge is 0.394 e. The van der Waals surface area contributed by atoms with Crippen molar-refractivity contribution in [2.75, 3.05) is 37.8 Å². The van der Waals surface area contributed by atoms with Gasteiger partial charge in [0, 0.05) is 31.0 Å². The van der Waals surface area contributed by atoms with Gasteiger partial charge in [-0.1, -0.05) is 36.4 Å². The van der Waals surface area contributed by atoms with Crippen molar-refractivity contribution in [3.8, 4) is 11.1 Å². The van der Waals surface area contributed by atoms with Gasteiger partial charge in [0.05, 0.1) is 43.0 Å². The van der Waals surface area contributed by atoms with Crippen LogP contribution in [0.15, 0.2) is 60.9 Å². The molecule has 168 valence electrons. The van der Waals surface area contributed by atoms with Crippen LogP contribution in [0.4, 0.5) is 5.95 Å². The third kappa shape index (κ3) is 3.76. The van der Waals surface area contributed by atoms with Gasteiger partial charge in [0.15, 0.2) is 0 Å². The SMILES string of the molecule is OCC1CN(c2ncc(-c3ccc4nc5n(c4c3)[C@@H](c3ccccc3)COC5)cn2)CCO1.